The first kappa shape index (κ1) is 14.1. The summed E-state index contributed by atoms with van der Waals surface area (Å²) >= 11 is 0. The summed E-state index contributed by atoms with van der Waals surface area (Å²) in [6, 6.07) is 11.1. The van der Waals surface area contributed by atoms with Crippen molar-refractivity contribution in [3.63, 3.8) is 0 Å². The number of allylic oxidation sites excluding steroid dienone is 2. The summed E-state index contributed by atoms with van der Waals surface area (Å²) in [5, 5.41) is 9.29. The average Bonchev–Trinajstić information content (AvgIpc) is 2.95. The summed E-state index contributed by atoms with van der Waals surface area (Å²) < 4.78 is 0. The molecule has 0 aliphatic rings. The standard InChI is InChI=1S/C17H19NO2/c1-3-14(19)7-4-12(2)16-10-11-17(18-16)13-5-8-15(20)9-6-13/h4-6,8-11,18,20H,3,7H2,1-2H3/b12-4+. The molecule has 2 aromatic rings. The van der Waals surface area contributed by atoms with Crippen LogP contribution in [0.1, 0.15) is 32.4 Å². The first-order valence-electron chi connectivity index (χ1n) is 6.77. The van der Waals surface area contributed by atoms with Gasteiger partial charge in [-0.3, -0.25) is 4.79 Å². The van der Waals surface area contributed by atoms with Gasteiger partial charge in [-0.05, 0) is 54.5 Å². The van der Waals surface area contributed by atoms with Crippen LogP contribution in [0.3, 0.4) is 0 Å². The molecule has 1 aromatic carbocycles. The Kier molecular flexibility index (Phi) is 4.41. The first-order valence-corrected chi connectivity index (χ1v) is 6.77. The SMILES string of the molecule is CCC(=O)C/C=C(\C)c1ccc(-c2ccc(O)cc2)[nH]1. The van der Waals surface area contributed by atoms with Gasteiger partial charge < -0.3 is 10.1 Å². The molecule has 20 heavy (non-hydrogen) atoms. The van der Waals surface area contributed by atoms with E-state index in [1.54, 1.807) is 12.1 Å². The van der Waals surface area contributed by atoms with Crippen molar-refractivity contribution in [3.8, 4) is 17.0 Å². The molecule has 0 radical (unpaired) electrons. The van der Waals surface area contributed by atoms with E-state index in [1.165, 1.54) is 0 Å². The van der Waals surface area contributed by atoms with Gasteiger partial charge in [-0.25, -0.2) is 0 Å². The van der Waals surface area contributed by atoms with E-state index >= 15 is 0 Å². The lowest BCUT2D eigenvalue weighted by atomic mass is 10.1. The van der Waals surface area contributed by atoms with Gasteiger partial charge in [0.05, 0.1) is 0 Å². The summed E-state index contributed by atoms with van der Waals surface area (Å²) in [7, 11) is 0. The van der Waals surface area contributed by atoms with E-state index in [1.807, 2.05) is 44.2 Å². The van der Waals surface area contributed by atoms with Gasteiger partial charge in [0.15, 0.2) is 0 Å². The number of Topliss-reactive ketones (excluding diaryl/α,β-unsaturated/α-hetero) is 1. The molecule has 0 spiro atoms. The fourth-order valence-corrected chi connectivity index (χ4v) is 1.96. The van der Waals surface area contributed by atoms with Crippen LogP contribution in [0.2, 0.25) is 0 Å². The lowest BCUT2D eigenvalue weighted by molar-refractivity contribution is -0.117. The minimum atomic E-state index is 0.245. The highest BCUT2D eigenvalue weighted by Gasteiger charge is 2.04. The Hall–Kier alpha value is -2.29. The number of ketones is 1. The minimum Gasteiger partial charge on any atom is -0.508 e. The van der Waals surface area contributed by atoms with E-state index in [2.05, 4.69) is 4.98 Å². The molecule has 2 N–H and O–H groups in total. The smallest absolute Gasteiger partial charge is 0.136 e. The highest BCUT2D eigenvalue weighted by Crippen LogP contribution is 2.23. The number of carbonyl (C=O) groups is 1. The molecule has 0 unspecified atom stereocenters. The normalized spacial score (nSPS) is 11.6. The van der Waals surface area contributed by atoms with Gasteiger partial charge in [0.1, 0.15) is 11.5 Å². The third kappa shape index (κ3) is 3.38. The Labute approximate surface area is 119 Å². The number of H-pyrrole nitrogens is 1. The molecule has 0 saturated heterocycles. The second kappa shape index (κ2) is 6.24. The molecule has 0 bridgehead atoms. The number of phenolic OH excluding ortho intramolecular Hbond substituents is 1. The molecule has 0 fully saturated rings. The number of aromatic hydroxyl groups is 1. The zero-order valence-electron chi connectivity index (χ0n) is 11.8. The van der Waals surface area contributed by atoms with Crippen molar-refractivity contribution < 1.29 is 9.90 Å². The van der Waals surface area contributed by atoms with Crippen molar-refractivity contribution in [3.05, 3.63) is 48.2 Å². The van der Waals surface area contributed by atoms with Crippen LogP contribution in [0.5, 0.6) is 5.75 Å². The Morgan fingerprint density at radius 1 is 1.20 bits per heavy atom. The summed E-state index contributed by atoms with van der Waals surface area (Å²) in [4.78, 5) is 14.7. The third-order valence-corrected chi connectivity index (χ3v) is 3.32. The van der Waals surface area contributed by atoms with E-state index in [4.69, 9.17) is 0 Å². The monoisotopic (exact) mass is 269 g/mol. The highest BCUT2D eigenvalue weighted by molar-refractivity contribution is 5.81. The van der Waals surface area contributed by atoms with Gasteiger partial charge in [0.2, 0.25) is 0 Å². The second-order valence-electron chi connectivity index (χ2n) is 4.82. The van der Waals surface area contributed by atoms with Crippen molar-refractivity contribution in [1.82, 2.24) is 4.98 Å². The Morgan fingerprint density at radius 2 is 1.90 bits per heavy atom. The molecule has 1 heterocycles. The van der Waals surface area contributed by atoms with E-state index in [0.29, 0.717) is 12.8 Å². The van der Waals surface area contributed by atoms with Crippen molar-refractivity contribution in [2.75, 3.05) is 0 Å². The number of hydrogen-bond donors (Lipinski definition) is 2. The maximum Gasteiger partial charge on any atom is 0.136 e. The number of aromatic nitrogens is 1. The summed E-state index contributed by atoms with van der Waals surface area (Å²) in [6.45, 7) is 3.87. The molecule has 2 rings (SSSR count). The number of nitrogens with one attached hydrogen (secondary N) is 1. The lowest BCUT2D eigenvalue weighted by Crippen LogP contribution is -1.92. The predicted octanol–water partition coefficient (Wildman–Crippen LogP) is 4.16. The zero-order valence-corrected chi connectivity index (χ0v) is 11.8. The fourth-order valence-electron chi connectivity index (χ4n) is 1.96. The van der Waals surface area contributed by atoms with Crippen LogP contribution in [-0.2, 0) is 4.79 Å². The third-order valence-electron chi connectivity index (χ3n) is 3.32. The van der Waals surface area contributed by atoms with E-state index in [0.717, 1.165) is 22.5 Å². The Balaban J connectivity index is 2.16. The van der Waals surface area contributed by atoms with Crippen LogP contribution in [0.4, 0.5) is 0 Å². The Bertz CT molecular complexity index is 621. The molecular weight excluding hydrogens is 250 g/mol. The molecule has 1 aromatic heterocycles. The fraction of sp³-hybridized carbons (Fsp3) is 0.235. The van der Waals surface area contributed by atoms with E-state index in [9.17, 15) is 9.90 Å². The summed E-state index contributed by atoms with van der Waals surface area (Å²) in [5.41, 5.74) is 4.09. The minimum absolute atomic E-state index is 0.245. The van der Waals surface area contributed by atoms with Gasteiger partial charge in [0, 0.05) is 24.2 Å². The summed E-state index contributed by atoms with van der Waals surface area (Å²) in [5.74, 6) is 0.504. The van der Waals surface area contributed by atoms with Gasteiger partial charge in [-0.1, -0.05) is 13.0 Å². The molecular formula is C17H19NO2. The predicted molar refractivity (Wildman–Crippen MR) is 81.5 cm³/mol. The van der Waals surface area contributed by atoms with Crippen molar-refractivity contribution in [2.24, 2.45) is 0 Å². The van der Waals surface area contributed by atoms with Gasteiger partial charge >= 0.3 is 0 Å². The quantitative estimate of drug-likeness (QED) is 0.856. The number of rotatable bonds is 5. The molecule has 104 valence electrons. The average molecular weight is 269 g/mol. The number of phenols is 1. The lowest BCUT2D eigenvalue weighted by Gasteiger charge is -2.00. The highest BCUT2D eigenvalue weighted by atomic mass is 16.3. The Morgan fingerprint density at radius 3 is 2.55 bits per heavy atom. The topological polar surface area (TPSA) is 53.1 Å². The van der Waals surface area contributed by atoms with Crippen molar-refractivity contribution in [2.45, 2.75) is 26.7 Å². The molecule has 0 amide bonds. The molecule has 3 heteroatoms. The zero-order chi connectivity index (χ0) is 14.5. The van der Waals surface area contributed by atoms with Crippen molar-refractivity contribution >= 4 is 11.4 Å². The van der Waals surface area contributed by atoms with Crippen LogP contribution in [0.15, 0.2) is 42.5 Å². The molecule has 0 atom stereocenters. The van der Waals surface area contributed by atoms with Crippen molar-refractivity contribution in [1.29, 1.82) is 0 Å². The largest absolute Gasteiger partial charge is 0.508 e. The molecule has 3 nitrogen and oxygen atoms in total. The van der Waals surface area contributed by atoms with Gasteiger partial charge in [-0.15, -0.1) is 0 Å². The van der Waals surface area contributed by atoms with E-state index in [-0.39, 0.29) is 11.5 Å². The summed E-state index contributed by atoms with van der Waals surface area (Å²) in [6.07, 6.45) is 3.02. The van der Waals surface area contributed by atoms with Crippen LogP contribution in [0, 0.1) is 0 Å². The van der Waals surface area contributed by atoms with Crippen LogP contribution in [0.25, 0.3) is 16.8 Å². The maximum absolute atomic E-state index is 11.3. The maximum atomic E-state index is 11.3. The van der Waals surface area contributed by atoms with Gasteiger partial charge in [0.25, 0.3) is 0 Å². The van der Waals surface area contributed by atoms with Crippen LogP contribution < -0.4 is 0 Å². The molecule has 0 aliphatic carbocycles. The number of hydrogen-bond acceptors (Lipinski definition) is 2. The van der Waals surface area contributed by atoms with Crippen LogP contribution >= 0.6 is 0 Å². The number of aromatic amines is 1. The molecule has 0 saturated carbocycles. The van der Waals surface area contributed by atoms with Gasteiger partial charge in [-0.2, -0.15) is 0 Å². The second-order valence-corrected chi connectivity index (χ2v) is 4.82. The van der Waals surface area contributed by atoms with E-state index < -0.39 is 0 Å². The first-order chi connectivity index (χ1) is 9.60. The number of carbonyl (C=O) groups excluding carboxylic acids is 1. The molecule has 0 aliphatic heterocycles. The number of benzene rings is 1. The van der Waals surface area contributed by atoms with Crippen LogP contribution in [-0.4, -0.2) is 15.9 Å².